The molecule has 0 unspecified atom stereocenters. The van der Waals surface area contributed by atoms with Gasteiger partial charge in [-0.15, -0.1) is 0 Å². The zero-order valence-corrected chi connectivity index (χ0v) is 12.0. The molecule has 3 aromatic rings. The van der Waals surface area contributed by atoms with E-state index in [1.54, 1.807) is 18.8 Å². The Morgan fingerprint density at radius 2 is 2.32 bits per heavy atom. The summed E-state index contributed by atoms with van der Waals surface area (Å²) in [5, 5.41) is 3.25. The van der Waals surface area contributed by atoms with Crippen molar-refractivity contribution >= 4 is 27.4 Å². The molecule has 0 aromatic carbocycles. The van der Waals surface area contributed by atoms with Crippen LogP contribution in [0, 0.1) is 0 Å². The quantitative estimate of drug-likeness (QED) is 0.801. The van der Waals surface area contributed by atoms with Crippen LogP contribution in [0.3, 0.4) is 0 Å². The maximum atomic E-state index is 5.29. The van der Waals surface area contributed by atoms with Gasteiger partial charge in [0, 0.05) is 6.20 Å². The van der Waals surface area contributed by atoms with E-state index >= 15 is 0 Å². The first-order chi connectivity index (χ1) is 9.29. The predicted molar refractivity (Wildman–Crippen MR) is 76.1 cm³/mol. The summed E-state index contributed by atoms with van der Waals surface area (Å²) in [6.07, 6.45) is 6.13. The molecule has 0 saturated heterocycles. The van der Waals surface area contributed by atoms with E-state index in [9.17, 15) is 0 Å². The van der Waals surface area contributed by atoms with Crippen molar-refractivity contribution in [2.75, 3.05) is 5.32 Å². The van der Waals surface area contributed by atoms with Gasteiger partial charge in [0.15, 0.2) is 0 Å². The monoisotopic (exact) mass is 320 g/mol. The largest absolute Gasteiger partial charge is 0.467 e. The lowest BCUT2D eigenvalue weighted by Crippen LogP contribution is -2.05. The molecule has 98 valence electrons. The van der Waals surface area contributed by atoms with Gasteiger partial charge in [0.2, 0.25) is 5.95 Å². The molecular weight excluding hydrogens is 308 g/mol. The number of aryl methyl sites for hydroxylation is 1. The molecule has 3 rings (SSSR count). The van der Waals surface area contributed by atoms with Crippen molar-refractivity contribution in [3.8, 4) is 0 Å². The number of nitrogens with one attached hydrogen (secondary N) is 1. The van der Waals surface area contributed by atoms with E-state index in [1.165, 1.54) is 0 Å². The average Bonchev–Trinajstić information content (AvgIpc) is 3.07. The minimum atomic E-state index is 0.594. The predicted octanol–water partition coefficient (Wildman–Crippen LogP) is 3.26. The zero-order valence-electron chi connectivity index (χ0n) is 10.4. The van der Waals surface area contributed by atoms with E-state index in [4.69, 9.17) is 4.42 Å². The number of rotatable bonds is 4. The van der Waals surface area contributed by atoms with Crippen LogP contribution in [0.25, 0.3) is 5.52 Å². The highest BCUT2D eigenvalue weighted by atomic mass is 79.9. The summed E-state index contributed by atoms with van der Waals surface area (Å²) in [5.41, 5.74) is 2.11. The van der Waals surface area contributed by atoms with E-state index in [0.717, 1.165) is 33.8 Å². The van der Waals surface area contributed by atoms with Crippen molar-refractivity contribution in [1.82, 2.24) is 14.4 Å². The van der Waals surface area contributed by atoms with Crippen molar-refractivity contribution < 1.29 is 4.42 Å². The molecule has 6 heteroatoms. The molecule has 0 saturated carbocycles. The number of anilines is 1. The molecule has 1 N–H and O–H groups in total. The van der Waals surface area contributed by atoms with Gasteiger partial charge in [0.25, 0.3) is 0 Å². The highest BCUT2D eigenvalue weighted by molar-refractivity contribution is 9.10. The number of hydrogen-bond donors (Lipinski definition) is 1. The van der Waals surface area contributed by atoms with Crippen molar-refractivity contribution in [2.24, 2.45) is 0 Å². The molecule has 0 aliphatic carbocycles. The minimum absolute atomic E-state index is 0.594. The lowest BCUT2D eigenvalue weighted by Gasteiger charge is -2.07. The first kappa shape index (κ1) is 12.2. The summed E-state index contributed by atoms with van der Waals surface area (Å²) in [6, 6.07) is 3.79. The Morgan fingerprint density at radius 3 is 3.05 bits per heavy atom. The number of imidazole rings is 1. The fraction of sp³-hybridized carbons (Fsp3) is 0.231. The number of nitrogens with zero attached hydrogens (tertiary/aromatic N) is 3. The molecule has 3 aromatic heterocycles. The summed E-state index contributed by atoms with van der Waals surface area (Å²) in [7, 11) is 0. The first-order valence-electron chi connectivity index (χ1n) is 6.06. The fourth-order valence-electron chi connectivity index (χ4n) is 2.01. The summed E-state index contributed by atoms with van der Waals surface area (Å²) in [5.74, 6) is 1.62. The number of fused-ring (bicyclic) bond motifs is 1. The minimum Gasteiger partial charge on any atom is -0.467 e. The Bertz CT molecular complexity index is 690. The van der Waals surface area contributed by atoms with Gasteiger partial charge in [-0.05, 0) is 34.5 Å². The Morgan fingerprint density at radius 1 is 1.42 bits per heavy atom. The second kappa shape index (κ2) is 5.05. The lowest BCUT2D eigenvalue weighted by molar-refractivity contribution is 0.517. The zero-order chi connectivity index (χ0) is 13.2. The van der Waals surface area contributed by atoms with E-state index < -0.39 is 0 Å². The molecule has 0 bridgehead atoms. The van der Waals surface area contributed by atoms with Crippen LogP contribution in [-0.2, 0) is 13.0 Å². The third kappa shape index (κ3) is 2.23. The van der Waals surface area contributed by atoms with Gasteiger partial charge in [-0.3, -0.25) is 4.40 Å². The van der Waals surface area contributed by atoms with Gasteiger partial charge in [0.05, 0.1) is 28.5 Å². The van der Waals surface area contributed by atoms with E-state index in [0.29, 0.717) is 6.54 Å². The Kier molecular flexibility index (Phi) is 3.25. The molecule has 5 nitrogen and oxygen atoms in total. The summed E-state index contributed by atoms with van der Waals surface area (Å²) in [6.45, 7) is 2.68. The van der Waals surface area contributed by atoms with Gasteiger partial charge in [-0.25, -0.2) is 9.97 Å². The molecular formula is C13H13BrN4O. The van der Waals surface area contributed by atoms with Crippen molar-refractivity contribution in [3.63, 3.8) is 0 Å². The van der Waals surface area contributed by atoms with Crippen molar-refractivity contribution in [3.05, 3.63) is 46.8 Å². The number of hydrogen-bond acceptors (Lipinski definition) is 4. The summed E-state index contributed by atoms with van der Waals surface area (Å²) in [4.78, 5) is 8.79. The Balaban J connectivity index is 1.95. The van der Waals surface area contributed by atoms with Gasteiger partial charge >= 0.3 is 0 Å². The van der Waals surface area contributed by atoms with Crippen molar-refractivity contribution in [1.29, 1.82) is 0 Å². The van der Waals surface area contributed by atoms with Gasteiger partial charge in [-0.1, -0.05) is 6.92 Å². The van der Waals surface area contributed by atoms with Gasteiger partial charge in [-0.2, -0.15) is 0 Å². The maximum absolute atomic E-state index is 5.29. The fourth-order valence-corrected chi connectivity index (χ4v) is 2.53. The highest BCUT2D eigenvalue weighted by Gasteiger charge is 2.11. The number of aromatic nitrogens is 3. The first-order valence-corrected chi connectivity index (χ1v) is 6.85. The number of furan rings is 1. The second-order valence-electron chi connectivity index (χ2n) is 4.13. The molecule has 0 aliphatic heterocycles. The van der Waals surface area contributed by atoms with Crippen LogP contribution in [0.5, 0.6) is 0 Å². The van der Waals surface area contributed by atoms with Crippen LogP contribution in [-0.4, -0.2) is 14.4 Å². The molecule has 0 spiro atoms. The van der Waals surface area contributed by atoms with Crippen LogP contribution in [0.2, 0.25) is 0 Å². The molecule has 19 heavy (non-hydrogen) atoms. The van der Waals surface area contributed by atoms with Crippen LogP contribution in [0.1, 0.15) is 18.4 Å². The Hall–Kier alpha value is -1.82. The highest BCUT2D eigenvalue weighted by Crippen LogP contribution is 2.23. The molecule has 0 radical (unpaired) electrons. The third-order valence-electron chi connectivity index (χ3n) is 2.93. The normalized spacial score (nSPS) is 11.1. The van der Waals surface area contributed by atoms with E-state index in [1.807, 2.05) is 16.5 Å². The van der Waals surface area contributed by atoms with Crippen LogP contribution in [0.15, 0.2) is 39.8 Å². The molecule has 3 heterocycles. The summed E-state index contributed by atoms with van der Waals surface area (Å²) < 4.78 is 8.19. The van der Waals surface area contributed by atoms with Crippen LogP contribution >= 0.6 is 15.9 Å². The van der Waals surface area contributed by atoms with Crippen LogP contribution in [0.4, 0.5) is 5.95 Å². The Labute approximate surface area is 118 Å². The second-order valence-corrected chi connectivity index (χ2v) is 4.98. The smallest absolute Gasteiger partial charge is 0.209 e. The molecule has 0 amide bonds. The van der Waals surface area contributed by atoms with Gasteiger partial charge < -0.3 is 9.73 Å². The van der Waals surface area contributed by atoms with Crippen molar-refractivity contribution in [2.45, 2.75) is 19.9 Å². The molecule has 0 aliphatic rings. The third-order valence-corrected chi connectivity index (χ3v) is 3.51. The molecule has 0 atom stereocenters. The SMILES string of the molecule is CCc1ncn2c(NCc3ccco3)ncc(Br)c12. The van der Waals surface area contributed by atoms with Gasteiger partial charge in [0.1, 0.15) is 12.1 Å². The maximum Gasteiger partial charge on any atom is 0.209 e. The summed E-state index contributed by atoms with van der Waals surface area (Å²) >= 11 is 3.52. The molecule has 0 fully saturated rings. The van der Waals surface area contributed by atoms with E-state index in [-0.39, 0.29) is 0 Å². The topological polar surface area (TPSA) is 55.4 Å². The number of halogens is 1. The van der Waals surface area contributed by atoms with Crippen LogP contribution < -0.4 is 5.32 Å². The van der Waals surface area contributed by atoms with E-state index in [2.05, 4.69) is 38.1 Å². The standard InChI is InChI=1S/C13H13BrN4O/c1-2-11-12-10(14)7-16-13(18(12)8-17-11)15-6-9-4-3-5-19-9/h3-5,7-8H,2,6H2,1H3,(H,15,16). The lowest BCUT2D eigenvalue weighted by atomic mass is 10.3. The average molecular weight is 321 g/mol.